The number of hydrogen-bond acceptors (Lipinski definition) is 1. The molecule has 1 aliphatic carbocycles. The topological polar surface area (TPSA) is 32.7 Å². The van der Waals surface area contributed by atoms with Crippen LogP contribution in [0.2, 0.25) is 5.02 Å². The summed E-state index contributed by atoms with van der Waals surface area (Å²) >= 11 is 6.01. The van der Waals surface area contributed by atoms with Gasteiger partial charge in [-0.1, -0.05) is 35.9 Å². The standard InChI is InChI=1S/C17H15ClN2O/c1-10-7-15-12(3)20(14-6-4-5-13(18)9-14)17(21)19-16(15)8-11(10)2/h4-9,15H,3H2,1-2H3. The quantitative estimate of drug-likeness (QED) is 0.736. The van der Waals surface area contributed by atoms with E-state index in [4.69, 9.17) is 11.6 Å². The van der Waals surface area contributed by atoms with Gasteiger partial charge in [0.1, 0.15) is 0 Å². The van der Waals surface area contributed by atoms with Crippen molar-refractivity contribution in [1.29, 1.82) is 0 Å². The fraction of sp³-hybridized carbons (Fsp3) is 0.176. The van der Waals surface area contributed by atoms with Gasteiger partial charge < -0.3 is 0 Å². The van der Waals surface area contributed by atoms with Gasteiger partial charge in [0, 0.05) is 10.7 Å². The molecule has 2 aliphatic rings. The Morgan fingerprint density at radius 3 is 2.76 bits per heavy atom. The number of fused-ring (bicyclic) bond motifs is 1. The van der Waals surface area contributed by atoms with Gasteiger partial charge in [-0.05, 0) is 43.7 Å². The highest BCUT2D eigenvalue weighted by Gasteiger charge is 2.33. The van der Waals surface area contributed by atoms with Crippen LogP contribution in [0.5, 0.6) is 0 Å². The highest BCUT2D eigenvalue weighted by molar-refractivity contribution is 6.31. The smallest absolute Gasteiger partial charge is 0.265 e. The largest absolute Gasteiger partial charge is 0.352 e. The average Bonchev–Trinajstić information content (AvgIpc) is 2.41. The number of amides is 2. The Balaban J connectivity index is 2.07. The van der Waals surface area contributed by atoms with Gasteiger partial charge >= 0.3 is 6.03 Å². The van der Waals surface area contributed by atoms with Gasteiger partial charge in [-0.25, -0.2) is 4.79 Å². The molecule has 1 atom stereocenters. The van der Waals surface area contributed by atoms with Crippen LogP contribution in [-0.2, 0) is 0 Å². The van der Waals surface area contributed by atoms with Gasteiger partial charge in [-0.3, -0.25) is 4.90 Å². The summed E-state index contributed by atoms with van der Waals surface area (Å²) in [4.78, 5) is 18.1. The van der Waals surface area contributed by atoms with Crippen molar-refractivity contribution >= 4 is 29.0 Å². The molecular weight excluding hydrogens is 284 g/mol. The molecule has 3 rings (SSSR count). The highest BCUT2D eigenvalue weighted by Crippen LogP contribution is 2.34. The maximum Gasteiger partial charge on any atom is 0.352 e. The highest BCUT2D eigenvalue weighted by atomic mass is 35.5. The summed E-state index contributed by atoms with van der Waals surface area (Å²) in [7, 11) is 0. The first-order valence-corrected chi connectivity index (χ1v) is 7.09. The number of rotatable bonds is 1. The second kappa shape index (κ2) is 5.01. The summed E-state index contributed by atoms with van der Waals surface area (Å²) in [5, 5.41) is 0.578. The SMILES string of the molecule is C=C1C2C=C(C)C(C)=CC2=NC(=O)N1c1cccc(Cl)c1. The zero-order chi connectivity index (χ0) is 15.1. The predicted octanol–water partition coefficient (Wildman–Crippen LogP) is 4.76. The number of hydrogen-bond donors (Lipinski definition) is 0. The van der Waals surface area contributed by atoms with E-state index in [0.717, 1.165) is 11.3 Å². The number of aliphatic imine (C=N–C) groups is 1. The predicted molar refractivity (Wildman–Crippen MR) is 86.9 cm³/mol. The van der Waals surface area contributed by atoms with E-state index in [0.29, 0.717) is 16.4 Å². The van der Waals surface area contributed by atoms with Gasteiger partial charge in [-0.2, -0.15) is 4.99 Å². The lowest BCUT2D eigenvalue weighted by molar-refractivity contribution is 0.254. The van der Waals surface area contributed by atoms with E-state index in [1.165, 1.54) is 10.5 Å². The molecule has 1 aliphatic heterocycles. The van der Waals surface area contributed by atoms with Crippen molar-refractivity contribution in [3.63, 3.8) is 0 Å². The van der Waals surface area contributed by atoms with Gasteiger partial charge in [0.05, 0.1) is 17.3 Å². The van der Waals surface area contributed by atoms with Crippen molar-refractivity contribution < 1.29 is 4.79 Å². The molecule has 0 N–H and O–H groups in total. The van der Waals surface area contributed by atoms with E-state index in [2.05, 4.69) is 24.6 Å². The average molecular weight is 299 g/mol. The van der Waals surface area contributed by atoms with E-state index in [9.17, 15) is 4.79 Å². The second-order valence-corrected chi connectivity index (χ2v) is 5.72. The minimum atomic E-state index is -0.328. The number of carbonyl (C=O) groups is 1. The van der Waals surface area contributed by atoms with E-state index >= 15 is 0 Å². The molecule has 0 fully saturated rings. The third kappa shape index (κ3) is 2.34. The molecule has 2 amide bonds. The molecule has 21 heavy (non-hydrogen) atoms. The number of urea groups is 1. The minimum absolute atomic E-state index is 0.0645. The van der Waals surface area contributed by atoms with Crippen LogP contribution in [0.1, 0.15) is 13.8 Å². The zero-order valence-electron chi connectivity index (χ0n) is 11.9. The van der Waals surface area contributed by atoms with Gasteiger partial charge in [-0.15, -0.1) is 0 Å². The van der Waals surface area contributed by atoms with Crippen molar-refractivity contribution in [2.75, 3.05) is 4.90 Å². The van der Waals surface area contributed by atoms with Crippen LogP contribution >= 0.6 is 11.6 Å². The first-order valence-electron chi connectivity index (χ1n) is 6.71. The molecule has 1 aromatic carbocycles. The summed E-state index contributed by atoms with van der Waals surface area (Å²) in [5.41, 5.74) is 4.46. The monoisotopic (exact) mass is 298 g/mol. The third-order valence-electron chi connectivity index (χ3n) is 3.85. The van der Waals surface area contributed by atoms with Crippen LogP contribution in [0.3, 0.4) is 0 Å². The van der Waals surface area contributed by atoms with Crippen LogP contribution in [0.15, 0.2) is 64.8 Å². The second-order valence-electron chi connectivity index (χ2n) is 5.28. The normalized spacial score (nSPS) is 21.6. The van der Waals surface area contributed by atoms with E-state index in [-0.39, 0.29) is 11.9 Å². The molecule has 1 heterocycles. The Morgan fingerprint density at radius 1 is 1.29 bits per heavy atom. The lowest BCUT2D eigenvalue weighted by Crippen LogP contribution is -2.39. The molecule has 0 bridgehead atoms. The van der Waals surface area contributed by atoms with Crippen molar-refractivity contribution in [2.24, 2.45) is 10.9 Å². The molecule has 1 aromatic rings. The molecule has 106 valence electrons. The molecule has 1 unspecified atom stereocenters. The van der Waals surface area contributed by atoms with Crippen molar-refractivity contribution in [1.82, 2.24) is 0 Å². The van der Waals surface area contributed by atoms with E-state index in [1.54, 1.807) is 12.1 Å². The molecule has 0 aromatic heterocycles. The summed E-state index contributed by atoms with van der Waals surface area (Å²) < 4.78 is 0. The molecule has 0 radical (unpaired) electrons. The summed E-state index contributed by atoms with van der Waals surface area (Å²) in [5.74, 6) is -0.0645. The molecule has 0 saturated carbocycles. The number of carbonyl (C=O) groups excluding carboxylic acids is 1. The molecule has 0 saturated heterocycles. The molecule has 3 nitrogen and oxygen atoms in total. The number of anilines is 1. The maximum atomic E-state index is 12.3. The summed E-state index contributed by atoms with van der Waals surface area (Å²) in [6, 6.07) is 6.82. The van der Waals surface area contributed by atoms with Crippen LogP contribution in [0, 0.1) is 5.92 Å². The Labute approximate surface area is 128 Å². The summed E-state index contributed by atoms with van der Waals surface area (Å²) in [6.07, 6.45) is 4.05. The van der Waals surface area contributed by atoms with Crippen LogP contribution in [0.4, 0.5) is 10.5 Å². The molecule has 0 spiro atoms. The number of halogens is 1. The van der Waals surface area contributed by atoms with Crippen LogP contribution in [-0.4, -0.2) is 11.7 Å². The fourth-order valence-electron chi connectivity index (χ4n) is 2.57. The van der Waals surface area contributed by atoms with Crippen molar-refractivity contribution in [3.8, 4) is 0 Å². The minimum Gasteiger partial charge on any atom is -0.265 e. The molecule has 4 heteroatoms. The maximum absolute atomic E-state index is 12.3. The summed E-state index contributed by atoms with van der Waals surface area (Å²) in [6.45, 7) is 8.17. The lowest BCUT2D eigenvalue weighted by atomic mass is 9.87. The van der Waals surface area contributed by atoms with Crippen molar-refractivity contribution in [3.05, 3.63) is 64.9 Å². The Bertz CT molecular complexity index is 743. The third-order valence-corrected chi connectivity index (χ3v) is 4.09. The lowest BCUT2D eigenvalue weighted by Gasteiger charge is -2.33. The Hall–Kier alpha value is -2.13. The van der Waals surface area contributed by atoms with Crippen molar-refractivity contribution in [2.45, 2.75) is 13.8 Å². The first kappa shape index (κ1) is 13.8. The van der Waals surface area contributed by atoms with Crippen LogP contribution in [0.25, 0.3) is 0 Å². The fourth-order valence-corrected chi connectivity index (χ4v) is 2.76. The van der Waals surface area contributed by atoms with Gasteiger partial charge in [0.25, 0.3) is 0 Å². The zero-order valence-corrected chi connectivity index (χ0v) is 12.7. The Morgan fingerprint density at radius 2 is 2.05 bits per heavy atom. The first-order chi connectivity index (χ1) is 9.97. The van der Waals surface area contributed by atoms with Crippen LogP contribution < -0.4 is 4.90 Å². The number of nitrogens with zero attached hydrogens (tertiary/aromatic N) is 2. The van der Waals surface area contributed by atoms with Gasteiger partial charge in [0.2, 0.25) is 0 Å². The van der Waals surface area contributed by atoms with E-state index in [1.807, 2.05) is 25.1 Å². The number of allylic oxidation sites excluding steroid dienone is 4. The van der Waals surface area contributed by atoms with Gasteiger partial charge in [0.15, 0.2) is 0 Å². The number of benzene rings is 1. The molecular formula is C17H15ClN2O. The van der Waals surface area contributed by atoms with E-state index < -0.39 is 0 Å². The Kier molecular flexibility index (Phi) is 3.30.